The van der Waals surface area contributed by atoms with Crippen LogP contribution in [0.5, 0.6) is 0 Å². The van der Waals surface area contributed by atoms with E-state index in [-0.39, 0.29) is 17.9 Å². The van der Waals surface area contributed by atoms with Crippen molar-refractivity contribution in [3.05, 3.63) is 299 Å². The Morgan fingerprint density at radius 2 is 1.08 bits per heavy atom. The average molecular weight is 1160 g/mol. The fourth-order valence-corrected chi connectivity index (χ4v) is 16.7. The van der Waals surface area contributed by atoms with Crippen LogP contribution in [0.1, 0.15) is 90.9 Å². The fourth-order valence-electron chi connectivity index (χ4n) is 16.7. The van der Waals surface area contributed by atoms with Gasteiger partial charge in [0.1, 0.15) is 11.6 Å². The molecule has 4 atom stereocenters. The standard InChI is InChI=1S/C85H67N5/c86-54-72-82(87-77-46-42-60(55-24-6-1-7-25-55)50-68(77)69-51-61(43-47-78(69)87)56-26-8-2-9-27-56)84(89-73-38-20-16-34-64(73)65-35-17-21-39-74(65)89)81(59-32-14-5-15-33-59)85(90-75-40-22-18-36-66(75)67-37-19-23-41-76(67)90)83(72)88-79-48-44-62(57-28-10-3-11-29-57)52-70(79)71-53-63(45-49-80(71)88)58-30-12-4-13-31-58/h1,3,5-8,10-12,14-16,18,20-30,32-34,36,38-50,52-53,58,61,64,73H,2,4,9,13,17,19,31,35,37,51H2. The van der Waals surface area contributed by atoms with E-state index in [9.17, 15) is 5.26 Å². The zero-order valence-electron chi connectivity index (χ0n) is 50.4. The number of hydrogen-bond donors (Lipinski definition) is 0. The van der Waals surface area contributed by atoms with Crippen LogP contribution >= 0.6 is 0 Å². The van der Waals surface area contributed by atoms with Crippen LogP contribution < -0.4 is 4.90 Å². The minimum Gasteiger partial charge on any atom is -0.331 e. The molecule has 4 unspecified atom stereocenters. The first-order chi connectivity index (χ1) is 44.7. The van der Waals surface area contributed by atoms with Gasteiger partial charge in [-0.2, -0.15) is 5.26 Å². The van der Waals surface area contributed by atoms with Crippen molar-refractivity contribution in [3.8, 4) is 56.5 Å². The molecule has 0 saturated heterocycles. The maximum absolute atomic E-state index is 13.4. The lowest BCUT2D eigenvalue weighted by atomic mass is 9.84. The Hall–Kier alpha value is -10.4. The number of rotatable bonds is 9. The highest BCUT2D eigenvalue weighted by Crippen LogP contribution is 2.57. The van der Waals surface area contributed by atoms with Gasteiger partial charge in [-0.25, -0.2) is 0 Å². The molecule has 8 aromatic carbocycles. The minimum absolute atomic E-state index is 0.0615. The summed E-state index contributed by atoms with van der Waals surface area (Å²) < 4.78 is 7.68. The van der Waals surface area contributed by atoms with E-state index in [2.05, 4.69) is 286 Å². The Kier molecular flexibility index (Phi) is 12.5. The smallest absolute Gasteiger partial charge is 0.104 e. The minimum atomic E-state index is -0.0615. The SMILES string of the molecule is N#Cc1c(-n2c3c(c4cc(-c5ccccc5)ccc42)CC(C2=CCCC=C2)C=C3)c(N2C3=C(CCC=C3)C3C=CC=CC32)c(-c2ccccc2)c(-n2c3c(c4ccccc42)CCC=C3)c1-n1c2ccc(-c3ccccc3)cc2c2cc(C3C=CCCC3)ccc21. The number of hydrogen-bond acceptors (Lipinski definition) is 2. The van der Waals surface area contributed by atoms with Crippen LogP contribution in [-0.2, 0) is 12.8 Å². The lowest BCUT2D eigenvalue weighted by Crippen LogP contribution is -2.34. The zero-order chi connectivity index (χ0) is 59.4. The van der Waals surface area contributed by atoms with Gasteiger partial charge < -0.3 is 18.6 Å². The summed E-state index contributed by atoms with van der Waals surface area (Å²) in [6.07, 6.45) is 46.0. The number of anilines is 1. The first kappa shape index (κ1) is 52.7. The van der Waals surface area contributed by atoms with Crippen LogP contribution in [0.25, 0.3) is 106 Å². The molecule has 1 aliphatic heterocycles. The molecule has 0 fully saturated rings. The predicted molar refractivity (Wildman–Crippen MR) is 375 cm³/mol. The van der Waals surface area contributed by atoms with Crippen LogP contribution in [0.3, 0.4) is 0 Å². The highest BCUT2D eigenvalue weighted by molar-refractivity contribution is 6.13. The van der Waals surface area contributed by atoms with Crippen LogP contribution in [-0.4, -0.2) is 19.7 Å². The van der Waals surface area contributed by atoms with Crippen molar-refractivity contribution in [1.29, 1.82) is 5.26 Å². The van der Waals surface area contributed by atoms with E-state index in [0.717, 1.165) is 136 Å². The molecule has 6 aliphatic carbocycles. The quantitative estimate of drug-likeness (QED) is 0.135. The number of allylic oxidation sites excluding steroid dienone is 12. The van der Waals surface area contributed by atoms with E-state index >= 15 is 0 Å². The molecule has 18 rings (SSSR count). The number of benzene rings is 8. The van der Waals surface area contributed by atoms with E-state index < -0.39 is 0 Å². The molecule has 0 saturated carbocycles. The molecule has 4 heterocycles. The molecule has 7 aliphatic rings. The lowest BCUT2D eigenvalue weighted by molar-refractivity contribution is 0.655. The van der Waals surface area contributed by atoms with Crippen molar-refractivity contribution in [1.82, 2.24) is 13.7 Å². The molecular weight excluding hydrogens is 1090 g/mol. The number of para-hydroxylation sites is 1. The Morgan fingerprint density at radius 3 is 1.83 bits per heavy atom. The highest BCUT2D eigenvalue weighted by atomic mass is 15.2. The highest BCUT2D eigenvalue weighted by Gasteiger charge is 2.45. The number of nitriles is 1. The van der Waals surface area contributed by atoms with E-state index in [4.69, 9.17) is 0 Å². The van der Waals surface area contributed by atoms with Crippen LogP contribution in [0, 0.1) is 23.2 Å². The van der Waals surface area contributed by atoms with Gasteiger partial charge in [0.2, 0.25) is 0 Å². The first-order valence-corrected chi connectivity index (χ1v) is 32.8. The number of nitrogens with zero attached hydrogens (tertiary/aromatic N) is 5. The Morgan fingerprint density at radius 1 is 0.433 bits per heavy atom. The summed E-state index contributed by atoms with van der Waals surface area (Å²) in [7, 11) is 0. The molecule has 3 aromatic heterocycles. The third-order valence-electron chi connectivity index (χ3n) is 20.8. The molecule has 5 heteroatoms. The lowest BCUT2D eigenvalue weighted by Gasteiger charge is -2.37. The predicted octanol–water partition coefficient (Wildman–Crippen LogP) is 21.3. The average Bonchev–Trinajstić information content (AvgIpc) is 1.43. The molecule has 11 aromatic rings. The Labute approximate surface area is 526 Å². The number of aromatic nitrogens is 3. The molecule has 0 N–H and O–H groups in total. The van der Waals surface area contributed by atoms with E-state index in [1.54, 1.807) is 0 Å². The molecule has 0 amide bonds. The van der Waals surface area contributed by atoms with Gasteiger partial charge >= 0.3 is 0 Å². The fraction of sp³-hybridized carbons (Fsp3) is 0.165. The topological polar surface area (TPSA) is 41.8 Å². The summed E-state index contributed by atoms with van der Waals surface area (Å²) in [4.78, 5) is 2.70. The van der Waals surface area contributed by atoms with Crippen LogP contribution in [0.15, 0.2) is 266 Å². The summed E-state index contributed by atoms with van der Waals surface area (Å²) >= 11 is 0. The summed E-state index contributed by atoms with van der Waals surface area (Å²) in [5.41, 5.74) is 25.9. The molecule has 0 bridgehead atoms. The van der Waals surface area contributed by atoms with Crippen molar-refractivity contribution in [2.24, 2.45) is 11.8 Å². The van der Waals surface area contributed by atoms with Gasteiger partial charge in [-0.1, -0.05) is 200 Å². The van der Waals surface area contributed by atoms with Gasteiger partial charge in [-0.05, 0) is 181 Å². The largest absolute Gasteiger partial charge is 0.331 e. The van der Waals surface area contributed by atoms with Gasteiger partial charge in [0, 0.05) is 61.9 Å². The third-order valence-corrected chi connectivity index (χ3v) is 20.8. The van der Waals surface area contributed by atoms with Crippen molar-refractivity contribution in [2.45, 2.75) is 76.2 Å². The number of fused-ring (bicyclic) bond motifs is 11. The Bertz CT molecular complexity index is 5150. The monoisotopic (exact) mass is 1160 g/mol. The van der Waals surface area contributed by atoms with E-state index in [0.29, 0.717) is 11.5 Å². The Balaban J connectivity index is 1.07. The summed E-state index contributed by atoms with van der Waals surface area (Å²) in [5.74, 6) is 0.668. The van der Waals surface area contributed by atoms with E-state index in [1.807, 2.05) is 0 Å². The molecule has 432 valence electrons. The summed E-state index contributed by atoms with van der Waals surface area (Å²) in [6.45, 7) is 0. The van der Waals surface area contributed by atoms with Crippen molar-refractivity contribution >= 4 is 61.5 Å². The van der Waals surface area contributed by atoms with Gasteiger partial charge in [0.25, 0.3) is 0 Å². The normalized spacial score (nSPS) is 19.7. The van der Waals surface area contributed by atoms with Gasteiger partial charge in [0.05, 0.1) is 50.9 Å². The third kappa shape index (κ3) is 8.20. The van der Waals surface area contributed by atoms with Crippen LogP contribution in [0.4, 0.5) is 5.69 Å². The second kappa shape index (κ2) is 21.4. The van der Waals surface area contributed by atoms with E-state index in [1.165, 1.54) is 72.8 Å². The molecular formula is C85H67N5. The number of aryl methyl sites for hydroxylation is 1. The second-order valence-corrected chi connectivity index (χ2v) is 25.6. The summed E-state index contributed by atoms with van der Waals surface area (Å²) in [5, 5.41) is 18.2. The van der Waals surface area contributed by atoms with Crippen LogP contribution in [0.2, 0.25) is 0 Å². The van der Waals surface area contributed by atoms with Gasteiger partial charge in [-0.3, -0.25) is 0 Å². The van der Waals surface area contributed by atoms with Crippen molar-refractivity contribution in [2.75, 3.05) is 4.90 Å². The maximum Gasteiger partial charge on any atom is 0.104 e. The molecule has 0 radical (unpaired) electrons. The van der Waals surface area contributed by atoms with Gasteiger partial charge in [0.15, 0.2) is 0 Å². The molecule has 90 heavy (non-hydrogen) atoms. The molecule has 5 nitrogen and oxygen atoms in total. The van der Waals surface area contributed by atoms with Crippen molar-refractivity contribution in [3.63, 3.8) is 0 Å². The maximum atomic E-state index is 13.4. The second-order valence-electron chi connectivity index (χ2n) is 25.6. The first-order valence-electron chi connectivity index (χ1n) is 32.8. The zero-order valence-corrected chi connectivity index (χ0v) is 50.4. The molecule has 0 spiro atoms. The van der Waals surface area contributed by atoms with Gasteiger partial charge in [-0.15, -0.1) is 0 Å². The van der Waals surface area contributed by atoms with Crippen molar-refractivity contribution < 1.29 is 0 Å². The summed E-state index contributed by atoms with van der Waals surface area (Å²) in [6, 6.07) is 66.7.